The van der Waals surface area contributed by atoms with Gasteiger partial charge in [0.05, 0.1) is 0 Å². The first-order valence-corrected chi connectivity index (χ1v) is 11.9. The van der Waals surface area contributed by atoms with E-state index in [1.54, 1.807) is 27.8 Å². The van der Waals surface area contributed by atoms with E-state index in [2.05, 4.69) is 37.1 Å². The van der Waals surface area contributed by atoms with Gasteiger partial charge in [-0.1, -0.05) is 51.0 Å². The van der Waals surface area contributed by atoms with E-state index in [1.165, 1.54) is 4.90 Å². The number of hydrogen-bond donors (Lipinski definition) is 3. The van der Waals surface area contributed by atoms with Crippen molar-refractivity contribution in [3.63, 3.8) is 0 Å². The smallest absolute Gasteiger partial charge is 0.408 e. The van der Waals surface area contributed by atoms with Crippen molar-refractivity contribution >= 4 is 30.5 Å². The number of amides is 3. The average molecular weight is 466 g/mol. The first-order valence-electron chi connectivity index (χ1n) is 11.3. The number of aryl methyl sites for hydroxylation is 1. The Morgan fingerprint density at radius 3 is 2.22 bits per heavy atom. The first kappa shape index (κ1) is 27.8. The number of likely N-dealkylation sites (N-methyl/N-ethyl adjacent to an activating group) is 1. The van der Waals surface area contributed by atoms with Crippen LogP contribution in [0.5, 0.6) is 0 Å². The largest absolute Gasteiger partial charge is 0.444 e. The van der Waals surface area contributed by atoms with Crippen molar-refractivity contribution in [1.82, 2.24) is 15.5 Å². The quantitative estimate of drug-likeness (QED) is 0.342. The maximum absolute atomic E-state index is 13.2. The molecule has 7 nitrogen and oxygen atoms in total. The molecular weight excluding hydrogens is 426 g/mol. The molecule has 0 spiro atoms. The van der Waals surface area contributed by atoms with E-state index in [4.69, 9.17) is 4.74 Å². The molecule has 0 aliphatic heterocycles. The van der Waals surface area contributed by atoms with Crippen molar-refractivity contribution in [2.45, 2.75) is 78.0 Å². The molecule has 1 rings (SSSR count). The van der Waals surface area contributed by atoms with E-state index >= 15 is 0 Å². The molecule has 0 heterocycles. The molecule has 0 aromatic heterocycles. The van der Waals surface area contributed by atoms with Gasteiger partial charge in [0, 0.05) is 19.3 Å². The minimum Gasteiger partial charge on any atom is -0.444 e. The monoisotopic (exact) mass is 465 g/mol. The van der Waals surface area contributed by atoms with Gasteiger partial charge in [0.15, 0.2) is 0 Å². The number of nitrogens with one attached hydrogen (secondary N) is 2. The summed E-state index contributed by atoms with van der Waals surface area (Å²) in [7, 11) is 1.57. The topological polar surface area (TPSA) is 87.7 Å². The number of ether oxygens (including phenoxy) is 1. The second kappa shape index (κ2) is 13.4. The fourth-order valence-corrected chi connectivity index (χ4v) is 3.43. The fourth-order valence-electron chi connectivity index (χ4n) is 3.18. The molecule has 0 fully saturated rings. The molecule has 32 heavy (non-hydrogen) atoms. The summed E-state index contributed by atoms with van der Waals surface area (Å²) < 4.78 is 5.26. The molecule has 1 aromatic carbocycles. The van der Waals surface area contributed by atoms with E-state index in [0.29, 0.717) is 12.1 Å². The molecule has 0 aliphatic carbocycles. The third-order valence-electron chi connectivity index (χ3n) is 4.94. The van der Waals surface area contributed by atoms with Crippen molar-refractivity contribution in [2.75, 3.05) is 19.3 Å². The van der Waals surface area contributed by atoms with Crippen LogP contribution in [0.25, 0.3) is 0 Å². The highest BCUT2D eigenvalue weighted by Gasteiger charge is 2.33. The summed E-state index contributed by atoms with van der Waals surface area (Å²) in [5.74, 6) is -0.599. The van der Waals surface area contributed by atoms with Crippen LogP contribution in [-0.4, -0.2) is 53.8 Å². The highest BCUT2D eigenvalue weighted by atomic mass is 32.1. The van der Waals surface area contributed by atoms with Crippen molar-refractivity contribution < 1.29 is 19.1 Å². The van der Waals surface area contributed by atoms with Gasteiger partial charge < -0.3 is 20.3 Å². The number of benzene rings is 1. The Balaban J connectivity index is 3.07. The maximum Gasteiger partial charge on any atom is 0.408 e. The standard InChI is InChI=1S/C24H39N3O4S/c1-7-9-10-15-25-21(28)20(18-13-11-17(8-2)12-14-18)27(6)22(29)19(16-32)26-23(30)31-24(3,4)5/h11-14,19-20,32H,7-10,15-16H2,1-6H3,(H,25,28)(H,26,30). The Labute approximate surface area is 198 Å². The highest BCUT2D eigenvalue weighted by Crippen LogP contribution is 2.22. The van der Waals surface area contributed by atoms with Gasteiger partial charge in [0.1, 0.15) is 17.7 Å². The number of hydrogen-bond acceptors (Lipinski definition) is 5. The molecule has 2 atom stereocenters. The van der Waals surface area contributed by atoms with Crippen LogP contribution in [0.3, 0.4) is 0 Å². The average Bonchev–Trinajstić information content (AvgIpc) is 2.74. The van der Waals surface area contributed by atoms with E-state index in [9.17, 15) is 14.4 Å². The number of nitrogens with zero attached hydrogens (tertiary/aromatic N) is 1. The summed E-state index contributed by atoms with van der Waals surface area (Å²) in [5.41, 5.74) is 1.16. The van der Waals surface area contributed by atoms with Gasteiger partial charge in [0.2, 0.25) is 11.8 Å². The van der Waals surface area contributed by atoms with Crippen LogP contribution in [0.15, 0.2) is 24.3 Å². The van der Waals surface area contributed by atoms with Gasteiger partial charge >= 0.3 is 6.09 Å². The maximum atomic E-state index is 13.2. The number of carbonyl (C=O) groups is 3. The number of thiol groups is 1. The highest BCUT2D eigenvalue weighted by molar-refractivity contribution is 7.80. The lowest BCUT2D eigenvalue weighted by molar-refractivity contribution is -0.140. The normalized spacial score (nSPS) is 13.1. The summed E-state index contributed by atoms with van der Waals surface area (Å²) in [6, 6.07) is 5.91. The van der Waals surface area contributed by atoms with Gasteiger partial charge in [-0.25, -0.2) is 4.79 Å². The fraction of sp³-hybridized carbons (Fsp3) is 0.625. The Kier molecular flexibility index (Phi) is 11.6. The Hall–Kier alpha value is -2.22. The number of rotatable bonds is 11. The zero-order valence-corrected chi connectivity index (χ0v) is 21.1. The van der Waals surface area contributed by atoms with E-state index in [0.717, 1.165) is 31.2 Å². The first-order chi connectivity index (χ1) is 15.0. The molecule has 1 aromatic rings. The third kappa shape index (κ3) is 9.10. The molecular formula is C24H39N3O4S. The lowest BCUT2D eigenvalue weighted by Gasteiger charge is -2.31. The van der Waals surface area contributed by atoms with Gasteiger partial charge in [0.25, 0.3) is 0 Å². The summed E-state index contributed by atoms with van der Waals surface area (Å²) >= 11 is 4.23. The second-order valence-electron chi connectivity index (χ2n) is 8.83. The molecule has 0 aliphatic rings. The third-order valence-corrected chi connectivity index (χ3v) is 5.30. The van der Waals surface area contributed by atoms with Crippen molar-refractivity contribution in [1.29, 1.82) is 0 Å². The van der Waals surface area contributed by atoms with Crippen LogP contribution in [0.1, 0.15) is 71.0 Å². The second-order valence-corrected chi connectivity index (χ2v) is 9.19. The molecule has 2 unspecified atom stereocenters. The Bertz CT molecular complexity index is 747. The lowest BCUT2D eigenvalue weighted by Crippen LogP contribution is -2.52. The van der Waals surface area contributed by atoms with Crippen LogP contribution in [0.4, 0.5) is 4.79 Å². The Morgan fingerprint density at radius 1 is 1.09 bits per heavy atom. The molecule has 3 amide bonds. The zero-order valence-electron chi connectivity index (χ0n) is 20.2. The SMILES string of the molecule is CCCCCNC(=O)C(c1ccc(CC)cc1)N(C)C(=O)C(CS)NC(=O)OC(C)(C)C. The van der Waals surface area contributed by atoms with Crippen LogP contribution < -0.4 is 10.6 Å². The van der Waals surface area contributed by atoms with Gasteiger partial charge in [-0.15, -0.1) is 0 Å². The molecule has 0 bridgehead atoms. The summed E-state index contributed by atoms with van der Waals surface area (Å²) in [6.45, 7) is 9.94. The van der Waals surface area contributed by atoms with Crippen LogP contribution in [-0.2, 0) is 20.7 Å². The summed E-state index contributed by atoms with van der Waals surface area (Å²) in [6.07, 6.45) is 3.12. The van der Waals surface area contributed by atoms with Crippen molar-refractivity contribution in [3.05, 3.63) is 35.4 Å². The van der Waals surface area contributed by atoms with Crippen molar-refractivity contribution in [3.8, 4) is 0 Å². The minimum absolute atomic E-state index is 0.0715. The molecule has 8 heteroatoms. The molecule has 0 saturated carbocycles. The summed E-state index contributed by atoms with van der Waals surface area (Å²) in [4.78, 5) is 39.9. The Morgan fingerprint density at radius 2 is 1.72 bits per heavy atom. The lowest BCUT2D eigenvalue weighted by atomic mass is 10.0. The molecule has 0 radical (unpaired) electrons. The van der Waals surface area contributed by atoms with Gasteiger partial charge in [-0.2, -0.15) is 12.6 Å². The zero-order chi connectivity index (χ0) is 24.3. The van der Waals surface area contributed by atoms with Gasteiger partial charge in [-0.3, -0.25) is 9.59 Å². The molecule has 0 saturated heterocycles. The number of unbranched alkanes of at least 4 members (excludes halogenated alkanes) is 2. The predicted molar refractivity (Wildman–Crippen MR) is 131 cm³/mol. The van der Waals surface area contributed by atoms with Crippen LogP contribution in [0, 0.1) is 0 Å². The van der Waals surface area contributed by atoms with Crippen molar-refractivity contribution in [2.24, 2.45) is 0 Å². The number of carbonyl (C=O) groups excluding carboxylic acids is 3. The molecule has 180 valence electrons. The predicted octanol–water partition coefficient (Wildman–Crippen LogP) is 3.88. The van der Waals surface area contributed by atoms with E-state index in [-0.39, 0.29) is 11.7 Å². The van der Waals surface area contributed by atoms with Gasteiger partial charge in [-0.05, 0) is 44.7 Å². The minimum atomic E-state index is -0.927. The van der Waals surface area contributed by atoms with E-state index in [1.807, 2.05) is 24.3 Å². The summed E-state index contributed by atoms with van der Waals surface area (Å²) in [5, 5.41) is 5.51. The molecule has 2 N–H and O–H groups in total. The van der Waals surface area contributed by atoms with Crippen LogP contribution in [0.2, 0.25) is 0 Å². The van der Waals surface area contributed by atoms with E-state index < -0.39 is 29.7 Å². The van der Waals surface area contributed by atoms with Crippen LogP contribution >= 0.6 is 12.6 Å². The number of alkyl carbamates (subject to hydrolysis) is 1.